The molecule has 0 fully saturated rings. The molecule has 126 valence electrons. The van der Waals surface area contributed by atoms with Crippen molar-refractivity contribution in [2.45, 2.75) is 19.9 Å². The predicted molar refractivity (Wildman–Crippen MR) is 92.6 cm³/mol. The standard InChI is InChI=1S/C19H22N2O3/c1-15-7-9-16(10-8-15)13-20-19(23)14-21-18(22)11-12-24-17-5-3-2-4-6-17/h2-10H,11-14H2,1H3,(H,20,23)(H,21,22). The van der Waals surface area contributed by atoms with Gasteiger partial charge < -0.3 is 15.4 Å². The van der Waals surface area contributed by atoms with Gasteiger partial charge in [0, 0.05) is 6.54 Å². The number of ether oxygens (including phenoxy) is 1. The zero-order valence-electron chi connectivity index (χ0n) is 13.7. The molecule has 0 radical (unpaired) electrons. The molecule has 0 bridgehead atoms. The van der Waals surface area contributed by atoms with Gasteiger partial charge in [0.05, 0.1) is 19.6 Å². The topological polar surface area (TPSA) is 67.4 Å². The molecule has 24 heavy (non-hydrogen) atoms. The number of para-hydroxylation sites is 1. The van der Waals surface area contributed by atoms with Crippen molar-refractivity contribution in [3.8, 4) is 5.75 Å². The minimum absolute atomic E-state index is 0.0317. The first-order chi connectivity index (χ1) is 11.6. The van der Waals surface area contributed by atoms with E-state index in [4.69, 9.17) is 4.74 Å². The SMILES string of the molecule is Cc1ccc(CNC(=O)CNC(=O)CCOc2ccccc2)cc1. The fraction of sp³-hybridized carbons (Fsp3) is 0.263. The summed E-state index contributed by atoms with van der Waals surface area (Å²) in [7, 11) is 0. The van der Waals surface area contributed by atoms with Gasteiger partial charge in [-0.2, -0.15) is 0 Å². The molecule has 2 amide bonds. The molecule has 5 nitrogen and oxygen atoms in total. The Morgan fingerprint density at radius 3 is 2.33 bits per heavy atom. The number of hydrogen-bond acceptors (Lipinski definition) is 3. The van der Waals surface area contributed by atoms with Crippen LogP contribution in [0, 0.1) is 6.92 Å². The van der Waals surface area contributed by atoms with Crippen LogP contribution in [-0.4, -0.2) is 25.0 Å². The average Bonchev–Trinajstić information content (AvgIpc) is 2.60. The Morgan fingerprint density at radius 1 is 0.917 bits per heavy atom. The molecule has 2 rings (SSSR count). The molecule has 0 saturated heterocycles. The van der Waals surface area contributed by atoms with Crippen molar-refractivity contribution in [3.63, 3.8) is 0 Å². The van der Waals surface area contributed by atoms with E-state index in [1.807, 2.05) is 61.5 Å². The summed E-state index contributed by atoms with van der Waals surface area (Å²) in [5, 5.41) is 5.35. The van der Waals surface area contributed by atoms with Crippen LogP contribution >= 0.6 is 0 Å². The Bertz CT molecular complexity index is 654. The third-order valence-electron chi connectivity index (χ3n) is 3.40. The predicted octanol–water partition coefficient (Wildman–Crippen LogP) is 2.20. The number of carbonyl (C=O) groups excluding carboxylic acids is 2. The summed E-state index contributed by atoms with van der Waals surface area (Å²) in [5.41, 5.74) is 2.20. The van der Waals surface area contributed by atoms with E-state index < -0.39 is 0 Å². The van der Waals surface area contributed by atoms with Crippen LogP contribution in [-0.2, 0) is 16.1 Å². The smallest absolute Gasteiger partial charge is 0.239 e. The number of amides is 2. The maximum absolute atomic E-state index is 11.7. The quantitative estimate of drug-likeness (QED) is 0.781. The van der Waals surface area contributed by atoms with Crippen LogP contribution in [0.1, 0.15) is 17.5 Å². The molecule has 0 aliphatic heterocycles. The maximum atomic E-state index is 11.7. The molecule has 0 aromatic heterocycles. The third kappa shape index (κ3) is 6.52. The molecule has 0 unspecified atom stereocenters. The van der Waals surface area contributed by atoms with E-state index in [1.54, 1.807) is 0 Å². The van der Waals surface area contributed by atoms with Crippen LogP contribution in [0.4, 0.5) is 0 Å². The Hall–Kier alpha value is -2.82. The fourth-order valence-electron chi connectivity index (χ4n) is 2.01. The number of carbonyl (C=O) groups is 2. The summed E-state index contributed by atoms with van der Waals surface area (Å²) in [6.45, 7) is 2.71. The summed E-state index contributed by atoms with van der Waals surface area (Å²) in [5.74, 6) is 0.297. The lowest BCUT2D eigenvalue weighted by Crippen LogP contribution is -2.37. The van der Waals surface area contributed by atoms with Gasteiger partial charge in [-0.1, -0.05) is 48.0 Å². The van der Waals surface area contributed by atoms with Crippen molar-refractivity contribution < 1.29 is 14.3 Å². The summed E-state index contributed by atoms with van der Waals surface area (Å²) >= 11 is 0. The molecule has 0 spiro atoms. The first-order valence-electron chi connectivity index (χ1n) is 7.90. The van der Waals surface area contributed by atoms with Crippen LogP contribution in [0.15, 0.2) is 54.6 Å². The molecule has 0 heterocycles. The van der Waals surface area contributed by atoms with Gasteiger partial charge in [-0.3, -0.25) is 9.59 Å². The van der Waals surface area contributed by atoms with Crippen LogP contribution in [0.3, 0.4) is 0 Å². The zero-order valence-corrected chi connectivity index (χ0v) is 13.7. The molecule has 0 aliphatic rings. The molecule has 5 heteroatoms. The van der Waals surface area contributed by atoms with E-state index >= 15 is 0 Å². The molecule has 2 aromatic rings. The second-order valence-electron chi connectivity index (χ2n) is 5.45. The Labute approximate surface area is 142 Å². The van der Waals surface area contributed by atoms with Crippen molar-refractivity contribution in [2.24, 2.45) is 0 Å². The van der Waals surface area contributed by atoms with Gasteiger partial charge in [0.2, 0.25) is 11.8 Å². The lowest BCUT2D eigenvalue weighted by Gasteiger charge is -2.08. The second kappa shape index (κ2) is 9.35. The molecule has 2 aromatic carbocycles. The average molecular weight is 326 g/mol. The molecular formula is C19H22N2O3. The van der Waals surface area contributed by atoms with Crippen LogP contribution < -0.4 is 15.4 Å². The molecule has 2 N–H and O–H groups in total. The number of rotatable bonds is 8. The Kier molecular flexibility index (Phi) is 6.83. The van der Waals surface area contributed by atoms with Crippen molar-refractivity contribution in [3.05, 3.63) is 65.7 Å². The third-order valence-corrected chi connectivity index (χ3v) is 3.40. The maximum Gasteiger partial charge on any atom is 0.239 e. The van der Waals surface area contributed by atoms with Crippen LogP contribution in [0.2, 0.25) is 0 Å². The van der Waals surface area contributed by atoms with E-state index in [-0.39, 0.29) is 31.4 Å². The van der Waals surface area contributed by atoms with Gasteiger partial charge in [-0.15, -0.1) is 0 Å². The van der Waals surface area contributed by atoms with Crippen molar-refractivity contribution in [1.82, 2.24) is 10.6 Å². The monoisotopic (exact) mass is 326 g/mol. The van der Waals surface area contributed by atoms with Crippen molar-refractivity contribution >= 4 is 11.8 Å². The zero-order chi connectivity index (χ0) is 17.2. The highest BCUT2D eigenvalue weighted by Gasteiger charge is 2.06. The molecule has 0 aliphatic carbocycles. The summed E-state index contributed by atoms with van der Waals surface area (Å²) in [6.07, 6.45) is 0.208. The number of benzene rings is 2. The van der Waals surface area contributed by atoms with Gasteiger partial charge in [0.25, 0.3) is 0 Å². The van der Waals surface area contributed by atoms with Gasteiger partial charge in [0.1, 0.15) is 5.75 Å². The minimum Gasteiger partial charge on any atom is -0.493 e. The number of aryl methyl sites for hydroxylation is 1. The highest BCUT2D eigenvalue weighted by atomic mass is 16.5. The van der Waals surface area contributed by atoms with Crippen LogP contribution in [0.5, 0.6) is 5.75 Å². The van der Waals surface area contributed by atoms with E-state index in [0.717, 1.165) is 11.3 Å². The largest absolute Gasteiger partial charge is 0.493 e. The minimum atomic E-state index is -0.215. The molecule has 0 saturated carbocycles. The van der Waals surface area contributed by atoms with E-state index in [1.165, 1.54) is 5.56 Å². The number of hydrogen-bond donors (Lipinski definition) is 2. The van der Waals surface area contributed by atoms with Gasteiger partial charge >= 0.3 is 0 Å². The summed E-state index contributed by atoms with van der Waals surface area (Å²) in [6, 6.07) is 17.2. The van der Waals surface area contributed by atoms with Gasteiger partial charge in [-0.05, 0) is 24.6 Å². The first kappa shape index (κ1) is 17.5. The first-order valence-corrected chi connectivity index (χ1v) is 7.90. The summed E-state index contributed by atoms with van der Waals surface area (Å²) < 4.78 is 5.44. The lowest BCUT2D eigenvalue weighted by atomic mass is 10.1. The van der Waals surface area contributed by atoms with E-state index in [2.05, 4.69) is 10.6 Å². The normalized spacial score (nSPS) is 10.0. The molecule has 0 atom stereocenters. The van der Waals surface area contributed by atoms with Crippen molar-refractivity contribution in [2.75, 3.05) is 13.2 Å². The highest BCUT2D eigenvalue weighted by Crippen LogP contribution is 2.08. The van der Waals surface area contributed by atoms with Gasteiger partial charge in [0.15, 0.2) is 0 Å². The van der Waals surface area contributed by atoms with Crippen LogP contribution in [0.25, 0.3) is 0 Å². The van der Waals surface area contributed by atoms with Gasteiger partial charge in [-0.25, -0.2) is 0 Å². The van der Waals surface area contributed by atoms with E-state index in [0.29, 0.717) is 6.54 Å². The summed E-state index contributed by atoms with van der Waals surface area (Å²) in [4.78, 5) is 23.4. The van der Waals surface area contributed by atoms with Crippen molar-refractivity contribution in [1.29, 1.82) is 0 Å². The highest BCUT2D eigenvalue weighted by molar-refractivity contribution is 5.84. The number of nitrogens with one attached hydrogen (secondary N) is 2. The van der Waals surface area contributed by atoms with E-state index in [9.17, 15) is 9.59 Å². The Morgan fingerprint density at radius 2 is 1.62 bits per heavy atom. The Balaban J connectivity index is 1.59. The second-order valence-corrected chi connectivity index (χ2v) is 5.45. The lowest BCUT2D eigenvalue weighted by molar-refractivity contribution is -0.126. The molecular weight excluding hydrogens is 304 g/mol. The fourth-order valence-corrected chi connectivity index (χ4v) is 2.01.